The highest BCUT2D eigenvalue weighted by molar-refractivity contribution is 6.34. The fourth-order valence-electron chi connectivity index (χ4n) is 5.38. The Hall–Kier alpha value is -1.24. The smallest absolute Gasteiger partial charge is 0.0481 e. The number of allylic oxidation sites excluding steroid dienone is 2. The van der Waals surface area contributed by atoms with Crippen LogP contribution in [0.25, 0.3) is 11.1 Å². The van der Waals surface area contributed by atoms with Crippen molar-refractivity contribution in [1.82, 2.24) is 0 Å². The number of rotatable bonds is 3. The Morgan fingerprint density at radius 1 is 0.607 bits per heavy atom. The summed E-state index contributed by atoms with van der Waals surface area (Å²) in [5, 5.41) is 1.74. The second kappa shape index (κ2) is 9.51. The van der Waals surface area contributed by atoms with Gasteiger partial charge in [-0.05, 0) is 78.3 Å². The molecule has 0 aliphatic heterocycles. The van der Waals surface area contributed by atoms with Crippen molar-refractivity contribution in [2.24, 2.45) is 11.8 Å². The van der Waals surface area contributed by atoms with Crippen LogP contribution in [0.2, 0.25) is 10.0 Å². The van der Waals surface area contributed by atoms with Gasteiger partial charge in [-0.3, -0.25) is 0 Å². The van der Waals surface area contributed by atoms with Crippen molar-refractivity contribution in [1.29, 1.82) is 0 Å². The van der Waals surface area contributed by atoms with E-state index in [0.29, 0.717) is 5.92 Å². The zero-order valence-electron chi connectivity index (χ0n) is 16.6. The first kappa shape index (κ1) is 20.0. The zero-order chi connectivity index (χ0) is 19.3. The third-order valence-electron chi connectivity index (χ3n) is 6.72. The van der Waals surface area contributed by atoms with Gasteiger partial charge in [0.25, 0.3) is 0 Å². The molecule has 4 rings (SSSR count). The van der Waals surface area contributed by atoms with Crippen LogP contribution in [0.3, 0.4) is 0 Å². The number of hydrogen-bond acceptors (Lipinski definition) is 0. The van der Waals surface area contributed by atoms with Crippen LogP contribution in [-0.2, 0) is 0 Å². The van der Waals surface area contributed by atoms with Crippen molar-refractivity contribution in [2.75, 3.05) is 0 Å². The molecule has 2 aliphatic carbocycles. The first-order valence-electron chi connectivity index (χ1n) is 11.0. The van der Waals surface area contributed by atoms with Gasteiger partial charge >= 0.3 is 0 Å². The quantitative estimate of drug-likeness (QED) is 0.440. The molecule has 0 N–H and O–H groups in total. The van der Waals surface area contributed by atoms with Gasteiger partial charge in [0.15, 0.2) is 0 Å². The van der Waals surface area contributed by atoms with E-state index in [1.807, 2.05) is 24.3 Å². The molecule has 2 aromatic carbocycles. The fourth-order valence-corrected chi connectivity index (χ4v) is 5.87. The third-order valence-corrected chi connectivity index (χ3v) is 7.38. The molecule has 2 aromatic rings. The van der Waals surface area contributed by atoms with E-state index in [9.17, 15) is 0 Å². The largest absolute Gasteiger partial charge is 0.0837 e. The summed E-state index contributed by atoms with van der Waals surface area (Å²) >= 11 is 13.5. The normalized spacial score (nSPS) is 22.0. The van der Waals surface area contributed by atoms with Crippen molar-refractivity contribution in [3.63, 3.8) is 0 Å². The van der Waals surface area contributed by atoms with Gasteiger partial charge in [-0.2, -0.15) is 0 Å². The lowest BCUT2D eigenvalue weighted by atomic mass is 9.74. The summed E-state index contributed by atoms with van der Waals surface area (Å²) in [6, 6.07) is 16.8. The maximum Gasteiger partial charge on any atom is 0.0481 e. The first-order chi connectivity index (χ1) is 13.8. The molecule has 0 saturated heterocycles. The van der Waals surface area contributed by atoms with Crippen molar-refractivity contribution >= 4 is 34.3 Å². The average Bonchev–Trinajstić information content (AvgIpc) is 3.10. The molecule has 148 valence electrons. The Morgan fingerprint density at radius 2 is 1.18 bits per heavy atom. The molecule has 1 unspecified atom stereocenters. The zero-order valence-corrected chi connectivity index (χ0v) is 18.1. The van der Waals surface area contributed by atoms with E-state index in [2.05, 4.69) is 24.3 Å². The average molecular weight is 413 g/mol. The van der Waals surface area contributed by atoms with Gasteiger partial charge in [0.2, 0.25) is 0 Å². The second-order valence-corrected chi connectivity index (χ2v) is 9.27. The lowest BCUT2D eigenvalue weighted by Crippen LogP contribution is -2.17. The Balaban J connectivity index is 1.90. The topological polar surface area (TPSA) is 0 Å². The molecule has 0 amide bonds. The van der Waals surface area contributed by atoms with E-state index in [1.165, 1.54) is 80.1 Å². The summed E-state index contributed by atoms with van der Waals surface area (Å²) < 4.78 is 0. The molecule has 0 spiro atoms. The molecule has 0 radical (unpaired) electrons. The van der Waals surface area contributed by atoms with Gasteiger partial charge in [-0.1, -0.05) is 91.7 Å². The van der Waals surface area contributed by atoms with Crippen LogP contribution in [0.1, 0.15) is 75.3 Å². The molecule has 1 saturated carbocycles. The van der Waals surface area contributed by atoms with Crippen LogP contribution in [0.15, 0.2) is 48.5 Å². The van der Waals surface area contributed by atoms with Crippen LogP contribution in [-0.4, -0.2) is 0 Å². The molecule has 28 heavy (non-hydrogen) atoms. The van der Waals surface area contributed by atoms with Crippen LogP contribution in [0, 0.1) is 11.8 Å². The van der Waals surface area contributed by atoms with Gasteiger partial charge in [0, 0.05) is 10.0 Å². The third kappa shape index (κ3) is 4.34. The summed E-state index contributed by atoms with van der Waals surface area (Å²) in [5.74, 6) is 1.36. The summed E-state index contributed by atoms with van der Waals surface area (Å²) in [4.78, 5) is 0. The van der Waals surface area contributed by atoms with Crippen molar-refractivity contribution in [3.8, 4) is 0 Å². The molecule has 0 nitrogen and oxygen atoms in total. The van der Waals surface area contributed by atoms with E-state index in [-0.39, 0.29) is 0 Å². The van der Waals surface area contributed by atoms with E-state index in [0.717, 1.165) is 22.4 Å². The Morgan fingerprint density at radius 3 is 1.82 bits per heavy atom. The van der Waals surface area contributed by atoms with Gasteiger partial charge in [0.05, 0.1) is 0 Å². The Kier molecular flexibility index (Phi) is 6.81. The number of hydrogen-bond donors (Lipinski definition) is 0. The Labute approximate surface area is 180 Å². The molecule has 2 aliphatic rings. The summed E-state index contributed by atoms with van der Waals surface area (Å²) in [6.45, 7) is 0. The van der Waals surface area contributed by atoms with E-state index >= 15 is 0 Å². The lowest BCUT2D eigenvalue weighted by Gasteiger charge is -2.30. The molecular weight excluding hydrogens is 383 g/mol. The van der Waals surface area contributed by atoms with Crippen molar-refractivity contribution in [2.45, 2.75) is 64.2 Å². The fraction of sp³-hybridized carbons (Fsp3) is 0.462. The maximum atomic E-state index is 6.77. The van der Waals surface area contributed by atoms with Crippen LogP contribution < -0.4 is 0 Å². The summed E-state index contributed by atoms with van der Waals surface area (Å²) in [5.41, 5.74) is 5.36. The molecule has 0 heterocycles. The predicted molar refractivity (Wildman–Crippen MR) is 123 cm³/mol. The predicted octanol–water partition coefficient (Wildman–Crippen LogP) is 9.06. The molecule has 1 atom stereocenters. The molecule has 1 fully saturated rings. The summed E-state index contributed by atoms with van der Waals surface area (Å²) in [6.07, 6.45) is 13.1. The monoisotopic (exact) mass is 412 g/mol. The minimum Gasteiger partial charge on any atom is -0.0837 e. The van der Waals surface area contributed by atoms with E-state index in [1.54, 1.807) is 0 Å². The summed E-state index contributed by atoms with van der Waals surface area (Å²) in [7, 11) is 0. The van der Waals surface area contributed by atoms with Gasteiger partial charge in [-0.15, -0.1) is 0 Å². The lowest BCUT2D eigenvalue weighted by molar-refractivity contribution is 0.340. The van der Waals surface area contributed by atoms with Crippen LogP contribution >= 0.6 is 23.2 Å². The van der Waals surface area contributed by atoms with Gasteiger partial charge in [0.1, 0.15) is 0 Å². The van der Waals surface area contributed by atoms with Crippen LogP contribution in [0.5, 0.6) is 0 Å². The first-order valence-corrected chi connectivity index (χ1v) is 11.7. The minimum absolute atomic E-state index is 0.590. The highest BCUT2D eigenvalue weighted by Gasteiger charge is 2.31. The Bertz CT molecular complexity index is 828. The van der Waals surface area contributed by atoms with Gasteiger partial charge in [-0.25, -0.2) is 0 Å². The molecule has 0 bridgehead atoms. The molecule has 2 heteroatoms. The molecular formula is C26H30Cl2. The van der Waals surface area contributed by atoms with E-state index in [4.69, 9.17) is 23.2 Å². The van der Waals surface area contributed by atoms with E-state index < -0.39 is 0 Å². The van der Waals surface area contributed by atoms with Crippen molar-refractivity contribution < 1.29 is 0 Å². The molecule has 0 aromatic heterocycles. The minimum atomic E-state index is 0.590. The van der Waals surface area contributed by atoms with Gasteiger partial charge < -0.3 is 0 Å². The highest BCUT2D eigenvalue weighted by Crippen LogP contribution is 2.48. The maximum absolute atomic E-state index is 6.77. The van der Waals surface area contributed by atoms with Crippen LogP contribution in [0.4, 0.5) is 0 Å². The highest BCUT2D eigenvalue weighted by atomic mass is 35.5. The second-order valence-electron chi connectivity index (χ2n) is 8.46. The number of benzene rings is 2. The standard InChI is InChI=1S/C26H30Cl2/c27-24-17-9-7-14-21(24)22-15-6-5-13-20(19-11-3-1-2-4-12-19)26(22)23-16-8-10-18-25(23)28/h7-10,14,16-20H,1-6,11-13,15H2. The SMILES string of the molecule is Clc1ccccc1C1=C(c2ccccc2Cl)C(C2CCCCCC2)CCCC1. The number of halogens is 2. The van der Waals surface area contributed by atoms with Crippen molar-refractivity contribution in [3.05, 3.63) is 69.7 Å².